The van der Waals surface area contributed by atoms with Crippen molar-refractivity contribution in [3.8, 4) is 0 Å². The van der Waals surface area contributed by atoms with Crippen LogP contribution >= 0.6 is 0 Å². The smallest absolute Gasteiger partial charge is 0.227 e. The first-order valence-electron chi connectivity index (χ1n) is 7.29. The minimum absolute atomic E-state index is 0.138. The van der Waals surface area contributed by atoms with Crippen LogP contribution in [0.25, 0.3) is 0 Å². The number of rotatable bonds is 5. The summed E-state index contributed by atoms with van der Waals surface area (Å²) in [6, 6.07) is 9.99. The molecule has 1 saturated carbocycles. The molecule has 3 rings (SSSR count). The summed E-state index contributed by atoms with van der Waals surface area (Å²) in [4.78, 5) is 11.7. The molecule has 0 saturated heterocycles. The SMILES string of the molecule is CC(Nc1ccc(NC(=O)C2CC2)cc1)c1ccnn1C. The molecule has 1 aromatic heterocycles. The van der Waals surface area contributed by atoms with Gasteiger partial charge in [0.25, 0.3) is 0 Å². The molecule has 1 aromatic carbocycles. The van der Waals surface area contributed by atoms with Gasteiger partial charge in [-0.3, -0.25) is 9.48 Å². The van der Waals surface area contributed by atoms with Crippen LogP contribution in [0, 0.1) is 5.92 Å². The van der Waals surface area contributed by atoms with Crippen molar-refractivity contribution in [2.75, 3.05) is 10.6 Å². The highest BCUT2D eigenvalue weighted by Gasteiger charge is 2.29. The Morgan fingerprint density at radius 3 is 2.48 bits per heavy atom. The molecule has 0 radical (unpaired) electrons. The van der Waals surface area contributed by atoms with Crippen molar-refractivity contribution in [3.63, 3.8) is 0 Å². The van der Waals surface area contributed by atoms with E-state index in [4.69, 9.17) is 0 Å². The molecular formula is C16H20N4O. The number of carbonyl (C=O) groups is 1. The zero-order valence-corrected chi connectivity index (χ0v) is 12.3. The van der Waals surface area contributed by atoms with Crippen LogP contribution in [0.1, 0.15) is 31.5 Å². The maximum Gasteiger partial charge on any atom is 0.227 e. The predicted octanol–water partition coefficient (Wildman–Crippen LogP) is 2.94. The van der Waals surface area contributed by atoms with E-state index in [1.54, 1.807) is 6.20 Å². The molecule has 110 valence electrons. The van der Waals surface area contributed by atoms with Crippen molar-refractivity contribution in [3.05, 3.63) is 42.2 Å². The van der Waals surface area contributed by atoms with Crippen LogP contribution in [0.15, 0.2) is 36.5 Å². The minimum atomic E-state index is 0.138. The monoisotopic (exact) mass is 284 g/mol. The van der Waals surface area contributed by atoms with Gasteiger partial charge in [0, 0.05) is 30.5 Å². The van der Waals surface area contributed by atoms with Gasteiger partial charge in [-0.15, -0.1) is 0 Å². The summed E-state index contributed by atoms with van der Waals surface area (Å²) >= 11 is 0. The lowest BCUT2D eigenvalue weighted by atomic mass is 10.2. The molecule has 1 amide bonds. The zero-order chi connectivity index (χ0) is 14.8. The van der Waals surface area contributed by atoms with Crippen molar-refractivity contribution in [2.24, 2.45) is 13.0 Å². The van der Waals surface area contributed by atoms with Gasteiger partial charge in [-0.25, -0.2) is 0 Å². The van der Waals surface area contributed by atoms with E-state index < -0.39 is 0 Å². The van der Waals surface area contributed by atoms with E-state index >= 15 is 0 Å². The summed E-state index contributed by atoms with van der Waals surface area (Å²) in [5.41, 5.74) is 3.00. The van der Waals surface area contributed by atoms with Gasteiger partial charge in [-0.1, -0.05) is 0 Å². The van der Waals surface area contributed by atoms with E-state index in [0.29, 0.717) is 0 Å². The van der Waals surface area contributed by atoms with Crippen LogP contribution in [-0.4, -0.2) is 15.7 Å². The van der Waals surface area contributed by atoms with Gasteiger partial charge >= 0.3 is 0 Å². The van der Waals surface area contributed by atoms with Crippen LogP contribution in [0.2, 0.25) is 0 Å². The molecule has 0 spiro atoms. The van der Waals surface area contributed by atoms with Gasteiger partial charge in [0.05, 0.1) is 11.7 Å². The topological polar surface area (TPSA) is 58.9 Å². The lowest BCUT2D eigenvalue weighted by Crippen LogP contribution is -2.13. The van der Waals surface area contributed by atoms with E-state index in [1.165, 1.54) is 0 Å². The van der Waals surface area contributed by atoms with E-state index in [2.05, 4.69) is 22.7 Å². The molecule has 2 N–H and O–H groups in total. The highest BCUT2D eigenvalue weighted by Crippen LogP contribution is 2.30. The van der Waals surface area contributed by atoms with Crippen LogP contribution in [-0.2, 0) is 11.8 Å². The average molecular weight is 284 g/mol. The third kappa shape index (κ3) is 3.24. The molecule has 0 bridgehead atoms. The number of aryl methyl sites for hydroxylation is 1. The molecule has 0 aliphatic heterocycles. The standard InChI is InChI=1S/C16H20N4O/c1-11(15-9-10-17-20(15)2)18-13-5-7-14(8-6-13)19-16(21)12-3-4-12/h5-12,18H,3-4H2,1-2H3,(H,19,21). The predicted molar refractivity (Wildman–Crippen MR) is 83.0 cm³/mol. The fraction of sp³-hybridized carbons (Fsp3) is 0.375. The van der Waals surface area contributed by atoms with Crippen molar-refractivity contribution >= 4 is 17.3 Å². The number of hydrogen-bond donors (Lipinski definition) is 2. The van der Waals surface area contributed by atoms with E-state index in [0.717, 1.165) is 29.9 Å². The number of nitrogens with zero attached hydrogens (tertiary/aromatic N) is 2. The highest BCUT2D eigenvalue weighted by atomic mass is 16.2. The summed E-state index contributed by atoms with van der Waals surface area (Å²) in [5.74, 6) is 0.367. The normalized spacial score (nSPS) is 15.5. The number of anilines is 2. The molecule has 21 heavy (non-hydrogen) atoms. The Kier molecular flexibility index (Phi) is 3.64. The zero-order valence-electron chi connectivity index (χ0n) is 12.3. The number of amides is 1. The molecule has 2 aromatic rings. The van der Waals surface area contributed by atoms with Gasteiger partial charge in [0.1, 0.15) is 0 Å². The second kappa shape index (κ2) is 5.60. The maximum atomic E-state index is 11.7. The quantitative estimate of drug-likeness (QED) is 0.887. The Morgan fingerprint density at radius 1 is 1.24 bits per heavy atom. The second-order valence-electron chi connectivity index (χ2n) is 5.59. The van der Waals surface area contributed by atoms with Crippen LogP contribution in [0.5, 0.6) is 0 Å². The Hall–Kier alpha value is -2.30. The van der Waals surface area contributed by atoms with Gasteiger partial charge in [0.15, 0.2) is 0 Å². The molecule has 1 unspecified atom stereocenters. The lowest BCUT2D eigenvalue weighted by Gasteiger charge is -2.16. The highest BCUT2D eigenvalue weighted by molar-refractivity contribution is 5.94. The molecule has 5 nitrogen and oxygen atoms in total. The Morgan fingerprint density at radius 2 is 1.90 bits per heavy atom. The van der Waals surface area contributed by atoms with Crippen LogP contribution in [0.3, 0.4) is 0 Å². The molecule has 1 atom stereocenters. The number of benzene rings is 1. The number of hydrogen-bond acceptors (Lipinski definition) is 3. The van der Waals surface area contributed by atoms with Gasteiger partial charge in [0.2, 0.25) is 5.91 Å². The Bertz CT molecular complexity index is 628. The molecule has 1 heterocycles. The van der Waals surface area contributed by atoms with Gasteiger partial charge < -0.3 is 10.6 Å². The number of aromatic nitrogens is 2. The Balaban J connectivity index is 1.61. The summed E-state index contributed by atoms with van der Waals surface area (Å²) in [7, 11) is 1.93. The third-order valence-electron chi connectivity index (χ3n) is 3.79. The Labute approximate surface area is 124 Å². The molecule has 1 fully saturated rings. The van der Waals surface area contributed by atoms with Crippen molar-refractivity contribution < 1.29 is 4.79 Å². The molecule has 1 aliphatic rings. The molecule has 5 heteroatoms. The molecular weight excluding hydrogens is 264 g/mol. The summed E-state index contributed by atoms with van der Waals surface area (Å²) < 4.78 is 1.86. The third-order valence-corrected chi connectivity index (χ3v) is 3.79. The fourth-order valence-corrected chi connectivity index (χ4v) is 2.37. The largest absolute Gasteiger partial charge is 0.377 e. The summed E-state index contributed by atoms with van der Waals surface area (Å²) in [6.45, 7) is 2.10. The van der Waals surface area contributed by atoms with E-state index in [-0.39, 0.29) is 17.9 Å². The van der Waals surface area contributed by atoms with Crippen LogP contribution < -0.4 is 10.6 Å². The first-order valence-corrected chi connectivity index (χ1v) is 7.29. The summed E-state index contributed by atoms with van der Waals surface area (Å²) in [5, 5.41) is 10.5. The van der Waals surface area contributed by atoms with Crippen molar-refractivity contribution in [1.82, 2.24) is 9.78 Å². The minimum Gasteiger partial charge on any atom is -0.377 e. The maximum absolute atomic E-state index is 11.7. The second-order valence-corrected chi connectivity index (χ2v) is 5.59. The van der Waals surface area contributed by atoms with E-state index in [1.807, 2.05) is 42.1 Å². The number of nitrogens with one attached hydrogen (secondary N) is 2. The molecule has 1 aliphatic carbocycles. The fourth-order valence-electron chi connectivity index (χ4n) is 2.37. The lowest BCUT2D eigenvalue weighted by molar-refractivity contribution is -0.117. The van der Waals surface area contributed by atoms with E-state index in [9.17, 15) is 4.79 Å². The van der Waals surface area contributed by atoms with Crippen molar-refractivity contribution in [1.29, 1.82) is 0 Å². The first kappa shape index (κ1) is 13.7. The van der Waals surface area contributed by atoms with Crippen molar-refractivity contribution in [2.45, 2.75) is 25.8 Å². The average Bonchev–Trinajstić information content (AvgIpc) is 3.23. The summed E-state index contributed by atoms with van der Waals surface area (Å²) in [6.07, 6.45) is 3.84. The number of carbonyl (C=O) groups excluding carboxylic acids is 1. The van der Waals surface area contributed by atoms with Crippen LogP contribution in [0.4, 0.5) is 11.4 Å². The van der Waals surface area contributed by atoms with Gasteiger partial charge in [-0.05, 0) is 50.1 Å². The van der Waals surface area contributed by atoms with Gasteiger partial charge in [-0.2, -0.15) is 5.10 Å². The first-order chi connectivity index (χ1) is 10.1.